The molecule has 0 aliphatic carbocycles. The van der Waals surface area contributed by atoms with Crippen LogP contribution in [0.15, 0.2) is 154 Å². The molecule has 11 aromatic rings. The minimum Gasteiger partial charge on any atom is -0.456 e. The summed E-state index contributed by atoms with van der Waals surface area (Å²) in [5, 5.41) is 12.0. The van der Waals surface area contributed by atoms with Crippen molar-refractivity contribution in [2.75, 3.05) is 0 Å². The van der Waals surface area contributed by atoms with Crippen molar-refractivity contribution in [1.82, 2.24) is 0 Å². The molecule has 218 valence electrons. The van der Waals surface area contributed by atoms with E-state index in [4.69, 9.17) is 8.83 Å². The monoisotopic (exact) mass is 616 g/mol. The normalized spacial score (nSPS) is 12.3. The number of hydrogen-bond donors (Lipinski definition) is 0. The van der Waals surface area contributed by atoms with Crippen molar-refractivity contribution < 1.29 is 8.83 Å². The van der Waals surface area contributed by atoms with Crippen molar-refractivity contribution in [3.63, 3.8) is 0 Å². The van der Waals surface area contributed by atoms with Gasteiger partial charge in [-0.3, -0.25) is 0 Å². The predicted octanol–water partition coefficient (Wildman–Crippen LogP) is 13.5. The van der Waals surface area contributed by atoms with E-state index in [0.717, 1.165) is 49.4 Å². The summed E-state index contributed by atoms with van der Waals surface area (Å²) in [6.45, 7) is 0. The summed E-state index contributed by atoms with van der Waals surface area (Å²) in [5.41, 5.74) is 8.46. The van der Waals surface area contributed by atoms with Gasteiger partial charge in [-0.1, -0.05) is 103 Å². The van der Waals surface area contributed by atoms with Gasteiger partial charge in [-0.25, -0.2) is 0 Å². The van der Waals surface area contributed by atoms with Crippen molar-refractivity contribution in [2.45, 2.75) is 0 Å². The second-order valence-electron chi connectivity index (χ2n) is 12.4. The Morgan fingerprint density at radius 3 is 1.60 bits per heavy atom. The number of fused-ring (bicyclic) bond motifs is 11. The average molecular weight is 617 g/mol. The predicted molar refractivity (Wildman–Crippen MR) is 200 cm³/mol. The summed E-state index contributed by atoms with van der Waals surface area (Å²) in [6.07, 6.45) is 0. The smallest absolute Gasteiger partial charge is 0.136 e. The molecule has 0 radical (unpaired) electrons. The average Bonchev–Trinajstić information content (AvgIpc) is 3.80. The van der Waals surface area contributed by atoms with Crippen LogP contribution in [0.2, 0.25) is 0 Å². The molecule has 3 aromatic heterocycles. The van der Waals surface area contributed by atoms with Crippen molar-refractivity contribution in [2.24, 2.45) is 0 Å². The highest BCUT2D eigenvalue weighted by atomic mass is 32.1. The zero-order valence-corrected chi connectivity index (χ0v) is 25.9. The molecule has 0 amide bonds. The third-order valence-electron chi connectivity index (χ3n) is 9.86. The van der Waals surface area contributed by atoms with Crippen LogP contribution in [0.4, 0.5) is 0 Å². The zero-order valence-electron chi connectivity index (χ0n) is 25.1. The van der Waals surface area contributed by atoms with E-state index in [-0.39, 0.29) is 0 Å². The van der Waals surface area contributed by atoms with Gasteiger partial charge >= 0.3 is 0 Å². The summed E-state index contributed by atoms with van der Waals surface area (Å²) in [4.78, 5) is 0. The SMILES string of the molecule is c1ccc2c(c1)oc1cc3c(cc12)oc1cc(-c2c4ccccc4c(-c4cccc5sc6ccccc6c45)c4ccccc24)ccc13. The van der Waals surface area contributed by atoms with E-state index in [1.165, 1.54) is 58.4 Å². The molecule has 0 unspecified atom stereocenters. The molecule has 0 fully saturated rings. The van der Waals surface area contributed by atoms with Gasteiger partial charge in [0, 0.05) is 41.7 Å². The Morgan fingerprint density at radius 1 is 0.340 bits per heavy atom. The fourth-order valence-corrected chi connectivity index (χ4v) is 8.99. The Balaban J connectivity index is 1.20. The summed E-state index contributed by atoms with van der Waals surface area (Å²) >= 11 is 1.87. The maximum absolute atomic E-state index is 6.60. The molecule has 3 heteroatoms. The third-order valence-corrected chi connectivity index (χ3v) is 11.0. The first kappa shape index (κ1) is 25.3. The molecule has 0 aliphatic rings. The van der Waals surface area contributed by atoms with Crippen molar-refractivity contribution in [3.05, 3.63) is 146 Å². The quantitative estimate of drug-likeness (QED) is 0.181. The fraction of sp³-hybridized carbons (Fsp3) is 0. The first-order valence-corrected chi connectivity index (χ1v) is 16.7. The van der Waals surface area contributed by atoms with E-state index in [1.807, 2.05) is 23.5 Å². The minimum absolute atomic E-state index is 0.873. The summed E-state index contributed by atoms with van der Waals surface area (Å²) < 4.78 is 15.5. The Bertz CT molecular complexity index is 3020. The lowest BCUT2D eigenvalue weighted by Gasteiger charge is -2.18. The molecule has 11 rings (SSSR count). The molecule has 0 atom stereocenters. The number of thiophene rings is 1. The van der Waals surface area contributed by atoms with E-state index in [0.29, 0.717) is 0 Å². The van der Waals surface area contributed by atoms with Gasteiger partial charge in [0.1, 0.15) is 22.3 Å². The van der Waals surface area contributed by atoms with Gasteiger partial charge in [-0.15, -0.1) is 11.3 Å². The first-order chi connectivity index (χ1) is 23.3. The maximum Gasteiger partial charge on any atom is 0.136 e. The third kappa shape index (κ3) is 3.49. The molecule has 0 saturated heterocycles. The van der Waals surface area contributed by atoms with Gasteiger partial charge in [0.2, 0.25) is 0 Å². The standard InChI is InChI=1S/C44H24O2S/c1-3-13-30-28(11-1)42(25-20-21-27-35-24-38-34(23-39(35)46-37(27)22-25)26-10-5-7-17-36(26)45-38)29-12-2-4-14-31(29)43(30)33-16-9-19-41-44(33)32-15-6-8-18-40(32)47-41/h1-24H. The molecular formula is C44H24O2S. The molecular weight excluding hydrogens is 593 g/mol. The second-order valence-corrected chi connectivity index (χ2v) is 13.5. The summed E-state index contributed by atoms with van der Waals surface area (Å²) in [6, 6.07) is 52.4. The van der Waals surface area contributed by atoms with Crippen molar-refractivity contribution >= 4 is 96.9 Å². The molecule has 0 spiro atoms. The van der Waals surface area contributed by atoms with Crippen molar-refractivity contribution in [1.29, 1.82) is 0 Å². The molecule has 8 aromatic carbocycles. The molecule has 0 saturated carbocycles. The van der Waals surface area contributed by atoms with Gasteiger partial charge < -0.3 is 8.83 Å². The van der Waals surface area contributed by atoms with Crippen LogP contribution in [0.5, 0.6) is 0 Å². The fourth-order valence-electron chi connectivity index (χ4n) is 7.86. The minimum atomic E-state index is 0.873. The van der Waals surface area contributed by atoms with Crippen LogP contribution in [0.1, 0.15) is 0 Å². The van der Waals surface area contributed by atoms with E-state index < -0.39 is 0 Å². The van der Waals surface area contributed by atoms with Crippen LogP contribution in [-0.4, -0.2) is 0 Å². The highest BCUT2D eigenvalue weighted by Crippen LogP contribution is 2.48. The Kier molecular flexibility index (Phi) is 5.02. The van der Waals surface area contributed by atoms with Crippen LogP contribution >= 0.6 is 11.3 Å². The number of furan rings is 2. The molecule has 0 aliphatic heterocycles. The lowest BCUT2D eigenvalue weighted by atomic mass is 9.85. The van der Waals surface area contributed by atoms with Crippen LogP contribution in [-0.2, 0) is 0 Å². The Morgan fingerprint density at radius 2 is 0.872 bits per heavy atom. The van der Waals surface area contributed by atoms with Gasteiger partial charge in [-0.2, -0.15) is 0 Å². The molecule has 0 bridgehead atoms. The van der Waals surface area contributed by atoms with Crippen LogP contribution < -0.4 is 0 Å². The lowest BCUT2D eigenvalue weighted by Crippen LogP contribution is -1.91. The highest BCUT2D eigenvalue weighted by Gasteiger charge is 2.20. The largest absolute Gasteiger partial charge is 0.456 e. The number of para-hydroxylation sites is 1. The van der Waals surface area contributed by atoms with Gasteiger partial charge in [-0.05, 0) is 86.3 Å². The van der Waals surface area contributed by atoms with Crippen LogP contribution in [0, 0.1) is 0 Å². The number of benzene rings is 8. The Hall–Kier alpha value is -5.90. The molecule has 47 heavy (non-hydrogen) atoms. The van der Waals surface area contributed by atoms with E-state index >= 15 is 0 Å². The number of hydrogen-bond acceptors (Lipinski definition) is 3. The van der Waals surface area contributed by atoms with Gasteiger partial charge in [0.25, 0.3) is 0 Å². The van der Waals surface area contributed by atoms with Crippen LogP contribution in [0.3, 0.4) is 0 Å². The zero-order chi connectivity index (χ0) is 30.6. The topological polar surface area (TPSA) is 26.3 Å². The Labute approximate surface area is 272 Å². The second kappa shape index (κ2) is 9.32. The summed E-state index contributed by atoms with van der Waals surface area (Å²) in [7, 11) is 0. The number of rotatable bonds is 2. The van der Waals surface area contributed by atoms with Gasteiger partial charge in [0.05, 0.1) is 0 Å². The molecule has 3 heterocycles. The molecule has 2 nitrogen and oxygen atoms in total. The van der Waals surface area contributed by atoms with Gasteiger partial charge in [0.15, 0.2) is 0 Å². The summed E-state index contributed by atoms with van der Waals surface area (Å²) in [5.74, 6) is 0. The van der Waals surface area contributed by atoms with E-state index in [2.05, 4.69) is 133 Å². The van der Waals surface area contributed by atoms with E-state index in [9.17, 15) is 0 Å². The lowest BCUT2D eigenvalue weighted by molar-refractivity contribution is 0.664. The van der Waals surface area contributed by atoms with E-state index in [1.54, 1.807) is 0 Å². The maximum atomic E-state index is 6.60. The first-order valence-electron chi connectivity index (χ1n) is 15.9. The van der Waals surface area contributed by atoms with Crippen molar-refractivity contribution in [3.8, 4) is 22.3 Å². The van der Waals surface area contributed by atoms with Crippen LogP contribution in [0.25, 0.3) is 108 Å². The molecule has 0 N–H and O–H groups in total. The highest BCUT2D eigenvalue weighted by molar-refractivity contribution is 7.25.